The van der Waals surface area contributed by atoms with E-state index in [1.54, 1.807) is 12.1 Å². The summed E-state index contributed by atoms with van der Waals surface area (Å²) in [7, 11) is 0. The molecule has 0 aliphatic carbocycles. The van der Waals surface area contributed by atoms with Gasteiger partial charge >= 0.3 is 5.97 Å². The van der Waals surface area contributed by atoms with Crippen LogP contribution < -0.4 is 5.73 Å². The van der Waals surface area contributed by atoms with Crippen LogP contribution in [0.15, 0.2) is 24.3 Å². The second-order valence-corrected chi connectivity index (χ2v) is 3.30. The summed E-state index contributed by atoms with van der Waals surface area (Å²) in [6.07, 6.45) is 5.27. The molecule has 1 rings (SSSR count). The number of benzene rings is 1. The second-order valence-electron chi connectivity index (χ2n) is 3.30. The molecule has 15 heavy (non-hydrogen) atoms. The van der Waals surface area contributed by atoms with Crippen molar-refractivity contribution in [1.29, 1.82) is 0 Å². The normalized spacial score (nSPS) is 11.7. The highest BCUT2D eigenvalue weighted by Gasteiger charge is 2.13. The molecule has 1 unspecified atom stereocenters. The van der Waals surface area contributed by atoms with Crippen molar-refractivity contribution >= 4 is 5.97 Å². The van der Waals surface area contributed by atoms with Gasteiger partial charge in [-0.25, -0.2) is 0 Å². The van der Waals surface area contributed by atoms with Crippen LogP contribution in [0.4, 0.5) is 0 Å². The average molecular weight is 203 g/mol. The summed E-state index contributed by atoms with van der Waals surface area (Å²) in [6, 6.07) is 7.24. The lowest BCUT2D eigenvalue weighted by molar-refractivity contribution is -0.137. The molecule has 0 saturated heterocycles. The highest BCUT2D eigenvalue weighted by atomic mass is 16.4. The number of rotatable bonds is 4. The number of terminal acetylenes is 1. The van der Waals surface area contributed by atoms with Gasteiger partial charge in [-0.3, -0.25) is 4.79 Å². The molecule has 0 aliphatic rings. The summed E-state index contributed by atoms with van der Waals surface area (Å²) in [4.78, 5) is 10.6. The summed E-state index contributed by atoms with van der Waals surface area (Å²) in [5, 5.41) is 8.69. The lowest BCUT2D eigenvalue weighted by Crippen LogP contribution is -2.16. The van der Waals surface area contributed by atoms with Gasteiger partial charge < -0.3 is 10.8 Å². The molecule has 3 nitrogen and oxygen atoms in total. The van der Waals surface area contributed by atoms with E-state index in [0.29, 0.717) is 6.54 Å². The highest BCUT2D eigenvalue weighted by molar-refractivity contribution is 5.68. The van der Waals surface area contributed by atoms with E-state index in [-0.39, 0.29) is 12.3 Å². The molecular formula is C12H13NO2. The van der Waals surface area contributed by atoms with Crippen LogP contribution in [0.1, 0.15) is 23.5 Å². The summed E-state index contributed by atoms with van der Waals surface area (Å²) in [6.45, 7) is 0.321. The summed E-state index contributed by atoms with van der Waals surface area (Å²) in [5.74, 6) is 1.52. The van der Waals surface area contributed by atoms with Gasteiger partial charge in [0.25, 0.3) is 0 Å². The Balaban J connectivity index is 2.84. The third-order valence-corrected chi connectivity index (χ3v) is 2.25. The number of carboxylic acid groups (broad SMARTS) is 1. The number of hydrogen-bond donors (Lipinski definition) is 2. The monoisotopic (exact) mass is 203 g/mol. The SMILES string of the molecule is C#Cc1ccc(C(CN)CC(=O)O)cc1. The first-order chi connectivity index (χ1) is 7.17. The van der Waals surface area contributed by atoms with Crippen LogP contribution in [0, 0.1) is 12.3 Å². The number of carbonyl (C=O) groups is 1. The van der Waals surface area contributed by atoms with Gasteiger partial charge in [0.05, 0.1) is 6.42 Å². The lowest BCUT2D eigenvalue weighted by Gasteiger charge is -2.12. The molecule has 0 aliphatic heterocycles. The van der Waals surface area contributed by atoms with Crippen LogP contribution in [-0.2, 0) is 4.79 Å². The third kappa shape index (κ3) is 3.12. The number of hydrogen-bond acceptors (Lipinski definition) is 2. The Morgan fingerprint density at radius 1 is 1.47 bits per heavy atom. The smallest absolute Gasteiger partial charge is 0.304 e. The van der Waals surface area contributed by atoms with Crippen LogP contribution in [0.3, 0.4) is 0 Å². The molecule has 78 valence electrons. The van der Waals surface area contributed by atoms with Gasteiger partial charge in [-0.05, 0) is 24.2 Å². The minimum Gasteiger partial charge on any atom is -0.481 e. The Labute approximate surface area is 88.9 Å². The first-order valence-electron chi connectivity index (χ1n) is 4.65. The van der Waals surface area contributed by atoms with Gasteiger partial charge in [0, 0.05) is 11.5 Å². The average Bonchev–Trinajstić information content (AvgIpc) is 2.26. The number of carboxylic acids is 1. The zero-order valence-corrected chi connectivity index (χ0v) is 8.31. The fourth-order valence-corrected chi connectivity index (χ4v) is 1.40. The molecule has 3 heteroatoms. The summed E-state index contributed by atoms with van der Waals surface area (Å²) >= 11 is 0. The van der Waals surface area contributed by atoms with Gasteiger partial charge in [-0.15, -0.1) is 6.42 Å². The number of aliphatic carboxylic acids is 1. The van der Waals surface area contributed by atoms with E-state index >= 15 is 0 Å². The molecule has 0 aromatic heterocycles. The predicted octanol–water partition coefficient (Wildman–Crippen LogP) is 1.18. The van der Waals surface area contributed by atoms with Gasteiger partial charge in [0.15, 0.2) is 0 Å². The van der Waals surface area contributed by atoms with Gasteiger partial charge in [-0.2, -0.15) is 0 Å². The molecule has 1 aromatic rings. The van der Waals surface area contributed by atoms with E-state index < -0.39 is 5.97 Å². The van der Waals surface area contributed by atoms with Crippen molar-refractivity contribution in [2.75, 3.05) is 6.54 Å². The second kappa shape index (κ2) is 5.18. The van der Waals surface area contributed by atoms with E-state index in [1.165, 1.54) is 0 Å². The van der Waals surface area contributed by atoms with Crippen molar-refractivity contribution in [3.05, 3.63) is 35.4 Å². The molecule has 1 atom stereocenters. The van der Waals surface area contributed by atoms with Crippen molar-refractivity contribution in [3.8, 4) is 12.3 Å². The van der Waals surface area contributed by atoms with Gasteiger partial charge in [0.1, 0.15) is 0 Å². The molecular weight excluding hydrogens is 190 g/mol. The van der Waals surface area contributed by atoms with E-state index in [2.05, 4.69) is 5.92 Å². The topological polar surface area (TPSA) is 63.3 Å². The third-order valence-electron chi connectivity index (χ3n) is 2.25. The molecule has 0 heterocycles. The van der Waals surface area contributed by atoms with Crippen LogP contribution in [-0.4, -0.2) is 17.6 Å². The van der Waals surface area contributed by atoms with Crippen molar-refractivity contribution in [2.45, 2.75) is 12.3 Å². The molecule has 0 spiro atoms. The van der Waals surface area contributed by atoms with Crippen molar-refractivity contribution in [1.82, 2.24) is 0 Å². The Hall–Kier alpha value is -1.79. The predicted molar refractivity (Wildman–Crippen MR) is 58.4 cm³/mol. The van der Waals surface area contributed by atoms with E-state index in [9.17, 15) is 4.79 Å². The Bertz CT molecular complexity index is 376. The first-order valence-corrected chi connectivity index (χ1v) is 4.65. The molecule has 0 bridgehead atoms. The maximum absolute atomic E-state index is 10.6. The largest absolute Gasteiger partial charge is 0.481 e. The summed E-state index contributed by atoms with van der Waals surface area (Å²) in [5.41, 5.74) is 7.22. The van der Waals surface area contributed by atoms with Crippen molar-refractivity contribution < 1.29 is 9.90 Å². The molecule has 1 aromatic carbocycles. The van der Waals surface area contributed by atoms with Crippen LogP contribution in [0.5, 0.6) is 0 Å². The van der Waals surface area contributed by atoms with Crippen LogP contribution >= 0.6 is 0 Å². The van der Waals surface area contributed by atoms with Crippen molar-refractivity contribution in [3.63, 3.8) is 0 Å². The number of nitrogens with two attached hydrogens (primary N) is 1. The highest BCUT2D eigenvalue weighted by Crippen LogP contribution is 2.18. The maximum atomic E-state index is 10.6. The molecule has 0 amide bonds. The zero-order chi connectivity index (χ0) is 11.3. The van der Waals surface area contributed by atoms with E-state index in [0.717, 1.165) is 11.1 Å². The van der Waals surface area contributed by atoms with Crippen LogP contribution in [0.25, 0.3) is 0 Å². The zero-order valence-electron chi connectivity index (χ0n) is 8.31. The minimum atomic E-state index is -0.841. The molecule has 3 N–H and O–H groups in total. The Morgan fingerprint density at radius 2 is 2.07 bits per heavy atom. The van der Waals surface area contributed by atoms with E-state index in [4.69, 9.17) is 17.3 Å². The Morgan fingerprint density at radius 3 is 2.47 bits per heavy atom. The minimum absolute atomic E-state index is 0.0475. The molecule has 0 radical (unpaired) electrons. The standard InChI is InChI=1S/C12H13NO2/c1-2-9-3-5-10(6-4-9)11(8-13)7-12(14)15/h1,3-6,11H,7-8,13H2,(H,14,15). The Kier molecular flexibility index (Phi) is 3.90. The van der Waals surface area contributed by atoms with Crippen molar-refractivity contribution in [2.24, 2.45) is 5.73 Å². The lowest BCUT2D eigenvalue weighted by atomic mass is 9.95. The molecule has 0 fully saturated rings. The van der Waals surface area contributed by atoms with Crippen LogP contribution in [0.2, 0.25) is 0 Å². The quantitative estimate of drug-likeness (QED) is 0.722. The van der Waals surface area contributed by atoms with E-state index in [1.807, 2.05) is 12.1 Å². The van der Waals surface area contributed by atoms with Gasteiger partial charge in [-0.1, -0.05) is 18.1 Å². The summed E-state index contributed by atoms with van der Waals surface area (Å²) < 4.78 is 0. The van der Waals surface area contributed by atoms with Gasteiger partial charge in [0.2, 0.25) is 0 Å². The fourth-order valence-electron chi connectivity index (χ4n) is 1.40. The molecule has 0 saturated carbocycles. The first kappa shape index (κ1) is 11.3. The fraction of sp³-hybridized carbons (Fsp3) is 0.250. The maximum Gasteiger partial charge on any atom is 0.304 e.